The maximum Gasteiger partial charge on any atom is 0.239 e. The maximum absolute atomic E-state index is 11.5. The van der Waals surface area contributed by atoms with Crippen molar-refractivity contribution >= 4 is 23.4 Å². The van der Waals surface area contributed by atoms with Gasteiger partial charge in [-0.15, -0.1) is 11.8 Å². The zero-order valence-electron chi connectivity index (χ0n) is 10.0. The molecule has 92 valence electrons. The number of benzene rings is 1. The molecular weight excluding hydrogens is 232 g/mol. The van der Waals surface area contributed by atoms with Crippen LogP contribution in [0.25, 0.3) is 0 Å². The molecule has 2 N–H and O–H groups in total. The summed E-state index contributed by atoms with van der Waals surface area (Å²) in [4.78, 5) is 12.7. The van der Waals surface area contributed by atoms with Gasteiger partial charge in [-0.25, -0.2) is 0 Å². The van der Waals surface area contributed by atoms with E-state index in [0.29, 0.717) is 6.54 Å². The lowest BCUT2D eigenvalue weighted by Gasteiger charge is -2.08. The molecule has 0 unspecified atom stereocenters. The summed E-state index contributed by atoms with van der Waals surface area (Å²) in [5.41, 5.74) is 0.999. The first-order chi connectivity index (χ1) is 8.28. The van der Waals surface area contributed by atoms with Crippen LogP contribution in [-0.4, -0.2) is 25.3 Å². The van der Waals surface area contributed by atoms with Crippen LogP contribution in [0.1, 0.15) is 12.8 Å². The largest absolute Gasteiger partial charge is 0.376 e. The van der Waals surface area contributed by atoms with Gasteiger partial charge in [-0.1, -0.05) is 6.07 Å². The Morgan fingerprint density at radius 1 is 1.47 bits per heavy atom. The van der Waals surface area contributed by atoms with Gasteiger partial charge in [0.15, 0.2) is 0 Å². The number of amides is 1. The maximum atomic E-state index is 11.5. The molecule has 4 heteroatoms. The lowest BCUT2D eigenvalue weighted by atomic mass is 10.3. The molecule has 3 nitrogen and oxygen atoms in total. The lowest BCUT2D eigenvalue weighted by Crippen LogP contribution is -2.31. The molecule has 17 heavy (non-hydrogen) atoms. The van der Waals surface area contributed by atoms with Crippen LogP contribution in [0.2, 0.25) is 0 Å². The van der Waals surface area contributed by atoms with Gasteiger partial charge in [0.1, 0.15) is 0 Å². The number of nitrogens with one attached hydrogen (secondary N) is 2. The topological polar surface area (TPSA) is 41.1 Å². The molecule has 0 aromatic heterocycles. The molecular formula is C13H18N2OS. The number of rotatable bonds is 6. The Bertz CT molecular complexity index is 391. The van der Waals surface area contributed by atoms with Crippen LogP contribution in [0.15, 0.2) is 29.2 Å². The Hall–Kier alpha value is -1.16. The van der Waals surface area contributed by atoms with Gasteiger partial charge in [-0.05, 0) is 43.2 Å². The Balaban J connectivity index is 1.73. The van der Waals surface area contributed by atoms with E-state index >= 15 is 0 Å². The highest BCUT2D eigenvalue weighted by Crippen LogP contribution is 2.27. The fourth-order valence-electron chi connectivity index (χ4n) is 1.56. The van der Waals surface area contributed by atoms with Gasteiger partial charge >= 0.3 is 0 Å². The van der Waals surface area contributed by atoms with Crippen molar-refractivity contribution in [2.75, 3.05) is 24.7 Å². The Morgan fingerprint density at radius 3 is 3.00 bits per heavy atom. The highest BCUT2D eigenvalue weighted by atomic mass is 32.2. The van der Waals surface area contributed by atoms with Gasteiger partial charge < -0.3 is 10.6 Å². The van der Waals surface area contributed by atoms with Gasteiger partial charge in [0.25, 0.3) is 0 Å². The van der Waals surface area contributed by atoms with Crippen LogP contribution in [-0.2, 0) is 4.79 Å². The first-order valence-corrected chi connectivity index (χ1v) is 7.15. The number of anilines is 1. The molecule has 1 amide bonds. The molecule has 0 atom stereocenters. The van der Waals surface area contributed by atoms with E-state index < -0.39 is 0 Å². The second kappa shape index (κ2) is 5.96. The van der Waals surface area contributed by atoms with Crippen molar-refractivity contribution in [2.24, 2.45) is 5.92 Å². The average Bonchev–Trinajstić information content (AvgIpc) is 3.18. The van der Waals surface area contributed by atoms with Gasteiger partial charge in [-0.3, -0.25) is 4.79 Å². The minimum atomic E-state index is 0.0754. The molecule has 0 aliphatic heterocycles. The molecule has 0 radical (unpaired) electrons. The Morgan fingerprint density at radius 2 is 2.29 bits per heavy atom. The highest BCUT2D eigenvalue weighted by Gasteiger charge is 2.21. The van der Waals surface area contributed by atoms with E-state index in [-0.39, 0.29) is 5.91 Å². The van der Waals surface area contributed by atoms with Crippen LogP contribution in [0.5, 0.6) is 0 Å². The van der Waals surface area contributed by atoms with E-state index in [1.54, 1.807) is 11.8 Å². The molecule has 1 fully saturated rings. The summed E-state index contributed by atoms with van der Waals surface area (Å²) in [7, 11) is 0. The number of carbonyl (C=O) groups excluding carboxylic acids is 1. The monoisotopic (exact) mass is 250 g/mol. The van der Waals surface area contributed by atoms with Crippen LogP contribution in [0.4, 0.5) is 5.69 Å². The van der Waals surface area contributed by atoms with E-state index in [2.05, 4.69) is 22.8 Å². The number of carbonyl (C=O) groups is 1. The van der Waals surface area contributed by atoms with Crippen molar-refractivity contribution in [3.05, 3.63) is 24.3 Å². The molecule has 1 aliphatic rings. The molecule has 0 saturated heterocycles. The Labute approximate surface area is 106 Å². The molecule has 0 spiro atoms. The Kier molecular flexibility index (Phi) is 4.31. The number of hydrogen-bond donors (Lipinski definition) is 2. The SMILES string of the molecule is CSc1cccc(NCC(=O)NCC2CC2)c1. The summed E-state index contributed by atoms with van der Waals surface area (Å²) in [5, 5.41) is 6.07. The summed E-state index contributed by atoms with van der Waals surface area (Å²) in [6, 6.07) is 8.09. The summed E-state index contributed by atoms with van der Waals surface area (Å²) in [5.74, 6) is 0.810. The zero-order chi connectivity index (χ0) is 12.1. The summed E-state index contributed by atoms with van der Waals surface area (Å²) >= 11 is 1.70. The van der Waals surface area contributed by atoms with E-state index in [1.807, 2.05) is 18.4 Å². The van der Waals surface area contributed by atoms with Crippen LogP contribution in [0, 0.1) is 5.92 Å². The fraction of sp³-hybridized carbons (Fsp3) is 0.462. The molecule has 1 saturated carbocycles. The summed E-state index contributed by atoms with van der Waals surface area (Å²) in [6.07, 6.45) is 4.58. The third-order valence-electron chi connectivity index (χ3n) is 2.81. The van der Waals surface area contributed by atoms with E-state index in [9.17, 15) is 4.79 Å². The fourth-order valence-corrected chi connectivity index (χ4v) is 2.02. The summed E-state index contributed by atoms with van der Waals surface area (Å²) in [6.45, 7) is 1.19. The minimum Gasteiger partial charge on any atom is -0.376 e. The second-order valence-electron chi connectivity index (χ2n) is 4.33. The predicted molar refractivity (Wildman–Crippen MR) is 72.4 cm³/mol. The average molecular weight is 250 g/mol. The van der Waals surface area contributed by atoms with E-state index in [1.165, 1.54) is 17.7 Å². The summed E-state index contributed by atoms with van der Waals surface area (Å²) < 4.78 is 0. The van der Waals surface area contributed by atoms with Gasteiger partial charge in [0.05, 0.1) is 6.54 Å². The quantitative estimate of drug-likeness (QED) is 0.761. The highest BCUT2D eigenvalue weighted by molar-refractivity contribution is 7.98. The smallest absolute Gasteiger partial charge is 0.239 e. The molecule has 1 aromatic carbocycles. The third kappa shape index (κ3) is 4.30. The van der Waals surface area contributed by atoms with E-state index in [4.69, 9.17) is 0 Å². The van der Waals surface area contributed by atoms with Crippen molar-refractivity contribution in [3.63, 3.8) is 0 Å². The van der Waals surface area contributed by atoms with Crippen molar-refractivity contribution in [2.45, 2.75) is 17.7 Å². The van der Waals surface area contributed by atoms with Crippen LogP contribution >= 0.6 is 11.8 Å². The normalized spacial score (nSPS) is 14.4. The van der Waals surface area contributed by atoms with Crippen molar-refractivity contribution < 1.29 is 4.79 Å². The first kappa shape index (κ1) is 12.3. The second-order valence-corrected chi connectivity index (χ2v) is 5.21. The standard InChI is InChI=1S/C13H18N2OS/c1-17-12-4-2-3-11(7-12)14-9-13(16)15-8-10-5-6-10/h2-4,7,10,14H,5-6,8-9H2,1H3,(H,15,16). The molecule has 1 aliphatic carbocycles. The van der Waals surface area contributed by atoms with Gasteiger partial charge in [0, 0.05) is 17.1 Å². The molecule has 2 rings (SSSR count). The van der Waals surface area contributed by atoms with Gasteiger partial charge in [-0.2, -0.15) is 0 Å². The number of hydrogen-bond acceptors (Lipinski definition) is 3. The zero-order valence-corrected chi connectivity index (χ0v) is 10.8. The van der Waals surface area contributed by atoms with Crippen LogP contribution in [0.3, 0.4) is 0 Å². The van der Waals surface area contributed by atoms with Gasteiger partial charge in [0.2, 0.25) is 5.91 Å². The first-order valence-electron chi connectivity index (χ1n) is 5.92. The van der Waals surface area contributed by atoms with Crippen LogP contribution < -0.4 is 10.6 Å². The minimum absolute atomic E-state index is 0.0754. The van der Waals surface area contributed by atoms with Crippen molar-refractivity contribution in [3.8, 4) is 0 Å². The molecule has 1 aromatic rings. The number of thioether (sulfide) groups is 1. The van der Waals surface area contributed by atoms with Crippen molar-refractivity contribution in [1.29, 1.82) is 0 Å². The molecule has 0 bridgehead atoms. The van der Waals surface area contributed by atoms with Crippen molar-refractivity contribution in [1.82, 2.24) is 5.32 Å². The lowest BCUT2D eigenvalue weighted by molar-refractivity contribution is -0.119. The third-order valence-corrected chi connectivity index (χ3v) is 3.53. The molecule has 0 heterocycles. The van der Waals surface area contributed by atoms with E-state index in [0.717, 1.165) is 18.2 Å². The predicted octanol–water partition coefficient (Wildman–Crippen LogP) is 2.35.